The minimum atomic E-state index is -0.416. The second kappa shape index (κ2) is 4.04. The molecule has 0 fully saturated rings. The first-order valence-electron chi connectivity index (χ1n) is 5.36. The van der Waals surface area contributed by atoms with Crippen LogP contribution >= 0.6 is 11.6 Å². The van der Waals surface area contributed by atoms with Crippen molar-refractivity contribution in [2.45, 2.75) is 6.04 Å². The van der Waals surface area contributed by atoms with E-state index in [4.69, 9.17) is 21.8 Å². The van der Waals surface area contributed by atoms with Gasteiger partial charge >= 0.3 is 5.69 Å². The van der Waals surface area contributed by atoms with Gasteiger partial charge in [0.2, 0.25) is 0 Å². The zero-order chi connectivity index (χ0) is 12.7. The smallest absolute Gasteiger partial charge is 0.323 e. The van der Waals surface area contributed by atoms with Gasteiger partial charge in [-0.15, -0.1) is 0 Å². The molecule has 0 spiro atoms. The molecule has 0 aliphatic carbocycles. The molecule has 2 aromatic heterocycles. The van der Waals surface area contributed by atoms with Crippen molar-refractivity contribution in [1.82, 2.24) is 9.97 Å². The number of imidazole rings is 1. The molecule has 0 saturated heterocycles. The Morgan fingerprint density at radius 1 is 1.17 bits per heavy atom. The standard InChI is InChI=1S/C12H10ClN3O2/c13-10-4-3-9(18-10)11(14)6-1-2-7-8(5-6)16-12(17)15-7/h1-5,11H,14H2,(H2,15,16,17). The Kier molecular flexibility index (Phi) is 2.50. The molecule has 0 amide bonds. The van der Waals surface area contributed by atoms with Crippen LogP contribution < -0.4 is 11.4 Å². The number of hydrogen-bond donors (Lipinski definition) is 3. The minimum Gasteiger partial charge on any atom is -0.448 e. The molecule has 2 heterocycles. The third kappa shape index (κ3) is 1.83. The molecule has 1 aromatic carbocycles. The first-order chi connectivity index (χ1) is 8.63. The fourth-order valence-corrected chi connectivity index (χ4v) is 2.06. The molecule has 0 saturated carbocycles. The molecule has 1 unspecified atom stereocenters. The van der Waals surface area contributed by atoms with Crippen LogP contribution in [-0.4, -0.2) is 9.97 Å². The zero-order valence-electron chi connectivity index (χ0n) is 9.24. The summed E-state index contributed by atoms with van der Waals surface area (Å²) in [7, 11) is 0. The van der Waals surface area contributed by atoms with E-state index in [9.17, 15) is 4.79 Å². The summed E-state index contributed by atoms with van der Waals surface area (Å²) in [5.74, 6) is 0.581. The number of halogens is 1. The van der Waals surface area contributed by atoms with Crippen molar-refractivity contribution in [3.05, 3.63) is 57.4 Å². The van der Waals surface area contributed by atoms with Gasteiger partial charge in [0, 0.05) is 0 Å². The van der Waals surface area contributed by atoms with E-state index in [1.165, 1.54) is 0 Å². The van der Waals surface area contributed by atoms with Crippen LogP contribution in [0.4, 0.5) is 0 Å². The van der Waals surface area contributed by atoms with Gasteiger partial charge in [-0.05, 0) is 41.4 Å². The van der Waals surface area contributed by atoms with E-state index in [1.807, 2.05) is 12.1 Å². The minimum absolute atomic E-state index is 0.239. The lowest BCUT2D eigenvalue weighted by atomic mass is 10.1. The highest BCUT2D eigenvalue weighted by Gasteiger charge is 2.14. The number of aromatic nitrogens is 2. The molecule has 18 heavy (non-hydrogen) atoms. The van der Waals surface area contributed by atoms with Crippen molar-refractivity contribution in [3.63, 3.8) is 0 Å². The molecule has 5 nitrogen and oxygen atoms in total. The first-order valence-corrected chi connectivity index (χ1v) is 5.74. The fraction of sp³-hybridized carbons (Fsp3) is 0.0833. The second-order valence-electron chi connectivity index (χ2n) is 4.00. The van der Waals surface area contributed by atoms with Crippen LogP contribution in [0.25, 0.3) is 11.0 Å². The molecule has 0 aliphatic heterocycles. The zero-order valence-corrected chi connectivity index (χ0v) is 9.99. The third-order valence-corrected chi connectivity index (χ3v) is 3.00. The summed E-state index contributed by atoms with van der Waals surface area (Å²) in [4.78, 5) is 16.5. The Bertz CT molecular complexity index is 756. The summed E-state index contributed by atoms with van der Waals surface area (Å²) in [6, 6.07) is 8.42. The first kappa shape index (κ1) is 11.1. The predicted molar refractivity (Wildman–Crippen MR) is 68.7 cm³/mol. The number of H-pyrrole nitrogens is 2. The third-order valence-electron chi connectivity index (χ3n) is 2.80. The Hall–Kier alpha value is -1.98. The van der Waals surface area contributed by atoms with Gasteiger partial charge in [-0.25, -0.2) is 4.79 Å². The summed E-state index contributed by atoms with van der Waals surface area (Å²) in [6.07, 6.45) is 0. The number of nitrogens with one attached hydrogen (secondary N) is 2. The van der Waals surface area contributed by atoms with Crippen LogP contribution in [0.2, 0.25) is 5.22 Å². The molecule has 0 aliphatic rings. The van der Waals surface area contributed by atoms with E-state index in [2.05, 4.69) is 9.97 Å². The summed E-state index contributed by atoms with van der Waals surface area (Å²) in [6.45, 7) is 0. The molecule has 1 atom stereocenters. The molecule has 6 heteroatoms. The number of hydrogen-bond acceptors (Lipinski definition) is 3. The summed E-state index contributed by atoms with van der Waals surface area (Å²) in [5.41, 5.74) is 8.13. The van der Waals surface area contributed by atoms with Crippen LogP contribution in [-0.2, 0) is 0 Å². The maximum Gasteiger partial charge on any atom is 0.323 e. The van der Waals surface area contributed by atoms with Crippen LogP contribution in [0, 0.1) is 0 Å². The van der Waals surface area contributed by atoms with Crippen LogP contribution in [0.3, 0.4) is 0 Å². The quantitative estimate of drug-likeness (QED) is 0.662. The number of aromatic amines is 2. The van der Waals surface area contributed by atoms with E-state index in [0.717, 1.165) is 11.1 Å². The van der Waals surface area contributed by atoms with Gasteiger partial charge in [0.05, 0.1) is 17.1 Å². The van der Waals surface area contributed by atoms with Crippen LogP contribution in [0.1, 0.15) is 17.4 Å². The Labute approximate surface area is 107 Å². The van der Waals surface area contributed by atoms with Gasteiger partial charge in [-0.1, -0.05) is 6.07 Å². The highest BCUT2D eigenvalue weighted by molar-refractivity contribution is 6.28. The topological polar surface area (TPSA) is 87.8 Å². The van der Waals surface area contributed by atoms with E-state index >= 15 is 0 Å². The van der Waals surface area contributed by atoms with E-state index < -0.39 is 6.04 Å². The van der Waals surface area contributed by atoms with Gasteiger partial charge in [-0.3, -0.25) is 0 Å². The normalized spacial score (nSPS) is 13.0. The molecule has 0 bridgehead atoms. The lowest BCUT2D eigenvalue weighted by Crippen LogP contribution is -2.10. The lowest BCUT2D eigenvalue weighted by molar-refractivity contribution is 0.491. The van der Waals surface area contributed by atoms with Gasteiger partial charge in [0.1, 0.15) is 5.76 Å². The monoisotopic (exact) mass is 263 g/mol. The highest BCUT2D eigenvalue weighted by Crippen LogP contribution is 2.25. The van der Waals surface area contributed by atoms with E-state index in [-0.39, 0.29) is 5.69 Å². The molecular formula is C12H10ClN3O2. The van der Waals surface area contributed by atoms with Crippen LogP contribution in [0.5, 0.6) is 0 Å². The van der Waals surface area contributed by atoms with Crippen molar-refractivity contribution < 1.29 is 4.42 Å². The average Bonchev–Trinajstić information content (AvgIpc) is 2.92. The van der Waals surface area contributed by atoms with E-state index in [1.54, 1.807) is 18.2 Å². The fourth-order valence-electron chi connectivity index (χ4n) is 1.90. The highest BCUT2D eigenvalue weighted by atomic mass is 35.5. The van der Waals surface area contributed by atoms with Crippen molar-refractivity contribution >= 4 is 22.6 Å². The van der Waals surface area contributed by atoms with Gasteiger partial charge in [-0.2, -0.15) is 0 Å². The summed E-state index contributed by atoms with van der Waals surface area (Å²) in [5, 5.41) is 0.302. The van der Waals surface area contributed by atoms with Gasteiger partial charge < -0.3 is 20.1 Å². The molecule has 3 aromatic rings. The SMILES string of the molecule is NC(c1ccc2[nH]c(=O)[nH]c2c1)c1ccc(Cl)o1. The van der Waals surface area contributed by atoms with Crippen molar-refractivity contribution in [2.75, 3.05) is 0 Å². The Balaban J connectivity index is 2.05. The maximum absolute atomic E-state index is 11.2. The number of furan rings is 1. The molecule has 92 valence electrons. The summed E-state index contributed by atoms with van der Waals surface area (Å²) < 4.78 is 5.28. The van der Waals surface area contributed by atoms with Crippen molar-refractivity contribution in [2.24, 2.45) is 5.73 Å². The van der Waals surface area contributed by atoms with Crippen molar-refractivity contribution in [1.29, 1.82) is 0 Å². The molecule has 4 N–H and O–H groups in total. The number of fused-ring (bicyclic) bond motifs is 1. The Morgan fingerprint density at radius 3 is 2.67 bits per heavy atom. The Morgan fingerprint density at radius 2 is 1.94 bits per heavy atom. The number of nitrogens with two attached hydrogens (primary N) is 1. The van der Waals surface area contributed by atoms with Crippen molar-refractivity contribution in [3.8, 4) is 0 Å². The second-order valence-corrected chi connectivity index (χ2v) is 4.38. The number of benzene rings is 1. The van der Waals surface area contributed by atoms with Gasteiger partial charge in [0.15, 0.2) is 5.22 Å². The van der Waals surface area contributed by atoms with E-state index in [0.29, 0.717) is 16.5 Å². The van der Waals surface area contributed by atoms with Crippen LogP contribution in [0.15, 0.2) is 39.5 Å². The predicted octanol–water partition coefficient (Wildman–Crippen LogP) is 2.15. The maximum atomic E-state index is 11.2. The molecular weight excluding hydrogens is 254 g/mol. The lowest BCUT2D eigenvalue weighted by Gasteiger charge is -2.08. The van der Waals surface area contributed by atoms with Gasteiger partial charge in [0.25, 0.3) is 0 Å². The molecule has 0 radical (unpaired) electrons. The molecule has 3 rings (SSSR count). The summed E-state index contributed by atoms with van der Waals surface area (Å²) >= 11 is 5.72. The number of rotatable bonds is 2. The largest absolute Gasteiger partial charge is 0.448 e. The average molecular weight is 264 g/mol.